The van der Waals surface area contributed by atoms with Gasteiger partial charge in [-0.05, 0) is 58.6 Å². The monoisotopic (exact) mass is 438 g/mol. The standard InChI is InChI=1S/C24H27BrN2O/c1-18(2)19(3)27(24(28)22-13-7-8-14-23(22)25)17-21-12-9-15-26(21)16-20-10-5-4-6-11-20/h4-15,18-19H,16-17H2,1-3H3. The number of aromatic nitrogens is 1. The molecule has 146 valence electrons. The fourth-order valence-electron chi connectivity index (χ4n) is 3.25. The average Bonchev–Trinajstić information content (AvgIpc) is 3.13. The fraction of sp³-hybridized carbons (Fsp3) is 0.292. The second kappa shape index (κ2) is 9.24. The van der Waals surface area contributed by atoms with Gasteiger partial charge in [-0.3, -0.25) is 4.79 Å². The number of rotatable bonds is 7. The van der Waals surface area contributed by atoms with Gasteiger partial charge in [-0.1, -0.05) is 56.3 Å². The summed E-state index contributed by atoms with van der Waals surface area (Å²) in [4.78, 5) is 15.4. The third-order valence-electron chi connectivity index (χ3n) is 5.27. The number of carbonyl (C=O) groups is 1. The second-order valence-corrected chi connectivity index (χ2v) is 8.36. The van der Waals surface area contributed by atoms with Crippen molar-refractivity contribution in [3.8, 4) is 0 Å². The van der Waals surface area contributed by atoms with E-state index in [0.29, 0.717) is 18.0 Å². The molecule has 3 nitrogen and oxygen atoms in total. The molecule has 0 radical (unpaired) electrons. The molecule has 0 saturated heterocycles. The van der Waals surface area contributed by atoms with Gasteiger partial charge in [-0.25, -0.2) is 0 Å². The molecule has 28 heavy (non-hydrogen) atoms. The maximum absolute atomic E-state index is 13.4. The molecule has 1 heterocycles. The van der Waals surface area contributed by atoms with Crippen molar-refractivity contribution >= 4 is 21.8 Å². The maximum Gasteiger partial charge on any atom is 0.255 e. The first kappa shape index (κ1) is 20.4. The summed E-state index contributed by atoms with van der Waals surface area (Å²) in [7, 11) is 0. The van der Waals surface area contributed by atoms with Gasteiger partial charge in [0, 0.05) is 29.0 Å². The van der Waals surface area contributed by atoms with Gasteiger partial charge in [-0.2, -0.15) is 0 Å². The number of amides is 1. The number of halogens is 1. The normalized spacial score (nSPS) is 12.2. The molecule has 2 aromatic carbocycles. The van der Waals surface area contributed by atoms with Crippen LogP contribution in [0.4, 0.5) is 0 Å². The lowest BCUT2D eigenvalue weighted by Crippen LogP contribution is -2.41. The Balaban J connectivity index is 1.88. The minimum absolute atomic E-state index is 0.0566. The molecule has 0 spiro atoms. The highest BCUT2D eigenvalue weighted by Crippen LogP contribution is 2.23. The van der Waals surface area contributed by atoms with Crippen molar-refractivity contribution in [3.63, 3.8) is 0 Å². The summed E-state index contributed by atoms with van der Waals surface area (Å²) in [5.41, 5.74) is 3.09. The van der Waals surface area contributed by atoms with Crippen LogP contribution in [-0.4, -0.2) is 21.4 Å². The van der Waals surface area contributed by atoms with Crippen LogP contribution in [0.3, 0.4) is 0 Å². The SMILES string of the molecule is CC(C)C(C)N(Cc1cccn1Cc1ccccc1)C(=O)c1ccccc1Br. The van der Waals surface area contributed by atoms with E-state index in [0.717, 1.165) is 16.7 Å². The Hall–Kier alpha value is -2.33. The largest absolute Gasteiger partial charge is 0.345 e. The topological polar surface area (TPSA) is 25.2 Å². The molecular weight excluding hydrogens is 412 g/mol. The van der Waals surface area contributed by atoms with Crippen LogP contribution in [0.1, 0.15) is 42.4 Å². The zero-order valence-electron chi connectivity index (χ0n) is 16.7. The molecule has 0 aliphatic heterocycles. The van der Waals surface area contributed by atoms with Crippen LogP contribution in [0.15, 0.2) is 77.4 Å². The molecule has 0 saturated carbocycles. The Morgan fingerprint density at radius 2 is 1.64 bits per heavy atom. The molecule has 3 rings (SSSR count). The van der Waals surface area contributed by atoms with Crippen molar-refractivity contribution in [3.05, 3.63) is 94.2 Å². The summed E-state index contributed by atoms with van der Waals surface area (Å²) in [5, 5.41) is 0. The van der Waals surface area contributed by atoms with E-state index < -0.39 is 0 Å². The molecule has 1 aromatic heterocycles. The number of benzene rings is 2. The molecule has 0 N–H and O–H groups in total. The first-order valence-corrected chi connectivity index (χ1v) is 10.5. The minimum atomic E-state index is 0.0566. The predicted molar refractivity (Wildman–Crippen MR) is 118 cm³/mol. The second-order valence-electron chi connectivity index (χ2n) is 7.51. The summed E-state index contributed by atoms with van der Waals surface area (Å²) >= 11 is 3.54. The van der Waals surface area contributed by atoms with E-state index in [1.54, 1.807) is 0 Å². The number of nitrogens with zero attached hydrogens (tertiary/aromatic N) is 2. The summed E-state index contributed by atoms with van der Waals surface area (Å²) in [6.07, 6.45) is 2.09. The maximum atomic E-state index is 13.4. The van der Waals surface area contributed by atoms with E-state index >= 15 is 0 Å². The van der Waals surface area contributed by atoms with Crippen LogP contribution in [0.25, 0.3) is 0 Å². The molecule has 0 aliphatic carbocycles. The molecular formula is C24H27BrN2O. The number of carbonyl (C=O) groups excluding carboxylic acids is 1. The summed E-state index contributed by atoms with van der Waals surface area (Å²) < 4.78 is 3.06. The Morgan fingerprint density at radius 1 is 0.964 bits per heavy atom. The highest BCUT2D eigenvalue weighted by Gasteiger charge is 2.26. The van der Waals surface area contributed by atoms with Gasteiger partial charge in [-0.15, -0.1) is 0 Å². The van der Waals surface area contributed by atoms with Crippen molar-refractivity contribution in [1.29, 1.82) is 0 Å². The van der Waals surface area contributed by atoms with Gasteiger partial charge in [0.25, 0.3) is 5.91 Å². The van der Waals surface area contributed by atoms with Crippen LogP contribution < -0.4 is 0 Å². The zero-order chi connectivity index (χ0) is 20.1. The van der Waals surface area contributed by atoms with Crippen molar-refractivity contribution < 1.29 is 4.79 Å². The third kappa shape index (κ3) is 4.74. The van der Waals surface area contributed by atoms with E-state index in [2.05, 4.69) is 83.9 Å². The van der Waals surface area contributed by atoms with Crippen LogP contribution in [-0.2, 0) is 13.1 Å². The first-order valence-electron chi connectivity index (χ1n) is 9.71. The lowest BCUT2D eigenvalue weighted by atomic mass is 10.0. The Bertz CT molecular complexity index is 917. The predicted octanol–water partition coefficient (Wildman–Crippen LogP) is 5.99. The molecule has 1 atom stereocenters. The molecule has 1 unspecified atom stereocenters. The van der Waals surface area contributed by atoms with Crippen molar-refractivity contribution in [2.24, 2.45) is 5.92 Å². The molecule has 4 heteroatoms. The van der Waals surface area contributed by atoms with E-state index in [9.17, 15) is 4.79 Å². The van der Waals surface area contributed by atoms with Crippen molar-refractivity contribution in [2.75, 3.05) is 0 Å². The smallest absolute Gasteiger partial charge is 0.255 e. The summed E-state index contributed by atoms with van der Waals surface area (Å²) in [5.74, 6) is 0.421. The quantitative estimate of drug-likeness (QED) is 0.444. The van der Waals surface area contributed by atoms with Gasteiger partial charge >= 0.3 is 0 Å². The van der Waals surface area contributed by atoms with Crippen molar-refractivity contribution in [1.82, 2.24) is 9.47 Å². The van der Waals surface area contributed by atoms with E-state index in [1.165, 1.54) is 5.56 Å². The van der Waals surface area contributed by atoms with Gasteiger partial charge in [0.15, 0.2) is 0 Å². The average molecular weight is 439 g/mol. The molecule has 0 fully saturated rings. The lowest BCUT2D eigenvalue weighted by molar-refractivity contribution is 0.0622. The van der Waals surface area contributed by atoms with E-state index in [1.807, 2.05) is 35.2 Å². The fourth-order valence-corrected chi connectivity index (χ4v) is 3.71. The molecule has 1 amide bonds. The van der Waals surface area contributed by atoms with Gasteiger partial charge in [0.2, 0.25) is 0 Å². The van der Waals surface area contributed by atoms with Gasteiger partial charge in [0.05, 0.1) is 12.1 Å². The van der Waals surface area contributed by atoms with E-state index in [-0.39, 0.29) is 11.9 Å². The highest BCUT2D eigenvalue weighted by molar-refractivity contribution is 9.10. The molecule has 0 aliphatic rings. The first-order chi connectivity index (χ1) is 13.5. The molecule has 0 bridgehead atoms. The Labute approximate surface area is 176 Å². The third-order valence-corrected chi connectivity index (χ3v) is 5.96. The number of hydrogen-bond donors (Lipinski definition) is 0. The highest BCUT2D eigenvalue weighted by atomic mass is 79.9. The number of hydrogen-bond acceptors (Lipinski definition) is 1. The minimum Gasteiger partial charge on any atom is -0.345 e. The summed E-state index contributed by atoms with van der Waals surface area (Å²) in [6, 6.07) is 22.3. The van der Waals surface area contributed by atoms with Crippen LogP contribution in [0, 0.1) is 5.92 Å². The van der Waals surface area contributed by atoms with Crippen molar-refractivity contribution in [2.45, 2.75) is 39.9 Å². The Morgan fingerprint density at radius 3 is 2.32 bits per heavy atom. The summed E-state index contributed by atoms with van der Waals surface area (Å²) in [6.45, 7) is 7.83. The van der Waals surface area contributed by atoms with Crippen LogP contribution in [0.5, 0.6) is 0 Å². The zero-order valence-corrected chi connectivity index (χ0v) is 18.3. The van der Waals surface area contributed by atoms with Gasteiger partial charge in [0.1, 0.15) is 0 Å². The Kier molecular flexibility index (Phi) is 6.74. The van der Waals surface area contributed by atoms with Gasteiger partial charge < -0.3 is 9.47 Å². The lowest BCUT2D eigenvalue weighted by Gasteiger charge is -2.32. The van der Waals surface area contributed by atoms with Crippen LogP contribution >= 0.6 is 15.9 Å². The molecule has 3 aromatic rings. The van der Waals surface area contributed by atoms with E-state index in [4.69, 9.17) is 0 Å². The van der Waals surface area contributed by atoms with Crippen LogP contribution in [0.2, 0.25) is 0 Å².